The van der Waals surface area contributed by atoms with Crippen molar-refractivity contribution in [1.29, 1.82) is 0 Å². The van der Waals surface area contributed by atoms with E-state index in [4.69, 9.17) is 4.74 Å². The molecule has 3 rings (SSSR count). The second-order valence-electron chi connectivity index (χ2n) is 6.22. The average Bonchev–Trinajstić information content (AvgIpc) is 3.11. The summed E-state index contributed by atoms with van der Waals surface area (Å²) in [5.41, 5.74) is 1.75. The molecule has 0 saturated carbocycles. The number of methoxy groups -OCH3 is 1. The maximum atomic E-state index is 12.2. The minimum atomic E-state index is -0.268. The second kappa shape index (κ2) is 8.25. The molecule has 1 aromatic carbocycles. The van der Waals surface area contributed by atoms with Crippen LogP contribution in [0.1, 0.15) is 18.2 Å². The number of carbonyl (C=O) groups excluding carboxylic acids is 1. The molecule has 0 bridgehead atoms. The number of nitrogens with zero attached hydrogens (tertiary/aromatic N) is 3. The summed E-state index contributed by atoms with van der Waals surface area (Å²) in [6.45, 7) is 3.51. The van der Waals surface area contributed by atoms with Crippen molar-refractivity contribution >= 4 is 22.3 Å². The number of aromatic nitrogens is 2. The molecule has 0 spiro atoms. The van der Waals surface area contributed by atoms with E-state index in [1.807, 2.05) is 42.6 Å². The first-order valence-corrected chi connectivity index (χ1v) is 9.24. The van der Waals surface area contributed by atoms with Gasteiger partial charge in [-0.25, -0.2) is 4.98 Å². The van der Waals surface area contributed by atoms with Crippen molar-refractivity contribution in [1.82, 2.24) is 14.3 Å². The summed E-state index contributed by atoms with van der Waals surface area (Å²) in [7, 11) is 1.40. The van der Waals surface area contributed by atoms with Crippen LogP contribution in [0.3, 0.4) is 0 Å². The summed E-state index contributed by atoms with van der Waals surface area (Å²) in [4.78, 5) is 31.4. The van der Waals surface area contributed by atoms with Crippen LogP contribution in [0.4, 0.5) is 0 Å². The van der Waals surface area contributed by atoms with Gasteiger partial charge in [-0.2, -0.15) is 0 Å². The second-order valence-corrected chi connectivity index (χ2v) is 7.09. The lowest BCUT2D eigenvalue weighted by Crippen LogP contribution is -2.32. The van der Waals surface area contributed by atoms with Crippen LogP contribution in [0.5, 0.6) is 0 Å². The number of esters is 1. The fraction of sp³-hybridized carbons (Fsp3) is 0.316. The van der Waals surface area contributed by atoms with Crippen LogP contribution < -0.4 is 5.56 Å². The molecular weight excluding hydrogens is 350 g/mol. The summed E-state index contributed by atoms with van der Waals surface area (Å²) in [6, 6.07) is 11.6. The molecule has 0 radical (unpaired) electrons. The summed E-state index contributed by atoms with van der Waals surface area (Å²) >= 11 is 1.43. The molecule has 0 amide bonds. The molecule has 0 aliphatic rings. The Hall–Kier alpha value is -2.51. The SMILES string of the molecule is COC(=O)C(C)CN(Cc1ccccc1)Cc1cc(=O)n2ccsc2n1. The van der Waals surface area contributed by atoms with Gasteiger partial charge in [-0.3, -0.25) is 18.9 Å². The van der Waals surface area contributed by atoms with Gasteiger partial charge in [0.05, 0.1) is 18.7 Å². The largest absolute Gasteiger partial charge is 0.469 e. The lowest BCUT2D eigenvalue weighted by atomic mass is 10.1. The zero-order valence-electron chi connectivity index (χ0n) is 14.8. The van der Waals surface area contributed by atoms with E-state index in [1.54, 1.807) is 12.3 Å². The number of thiazole rings is 1. The van der Waals surface area contributed by atoms with E-state index >= 15 is 0 Å². The molecule has 136 valence electrons. The van der Waals surface area contributed by atoms with Crippen molar-refractivity contribution in [2.75, 3.05) is 13.7 Å². The topological polar surface area (TPSA) is 63.9 Å². The normalized spacial score (nSPS) is 12.4. The standard InChI is InChI=1S/C19H21N3O3S/c1-14(18(24)25-2)11-21(12-15-6-4-3-5-7-15)13-16-10-17(23)22-8-9-26-19(22)20-16/h3-10,14H,11-13H2,1-2H3. The van der Waals surface area contributed by atoms with Gasteiger partial charge in [-0.15, -0.1) is 11.3 Å². The van der Waals surface area contributed by atoms with E-state index in [2.05, 4.69) is 9.88 Å². The fourth-order valence-electron chi connectivity index (χ4n) is 2.89. The van der Waals surface area contributed by atoms with Crippen LogP contribution in [0.25, 0.3) is 4.96 Å². The van der Waals surface area contributed by atoms with Gasteiger partial charge in [0.15, 0.2) is 4.96 Å². The number of hydrogen-bond acceptors (Lipinski definition) is 6. The molecule has 2 heterocycles. The van der Waals surface area contributed by atoms with Gasteiger partial charge in [0.25, 0.3) is 5.56 Å². The maximum absolute atomic E-state index is 12.2. The number of carbonyl (C=O) groups is 1. The van der Waals surface area contributed by atoms with Crippen LogP contribution in [0.15, 0.2) is 52.8 Å². The highest BCUT2D eigenvalue weighted by Gasteiger charge is 2.19. The van der Waals surface area contributed by atoms with E-state index in [9.17, 15) is 9.59 Å². The molecule has 0 aliphatic carbocycles. The number of benzene rings is 1. The van der Waals surface area contributed by atoms with E-state index < -0.39 is 0 Å². The Morgan fingerprint density at radius 1 is 1.31 bits per heavy atom. The molecule has 1 unspecified atom stereocenters. The minimum Gasteiger partial charge on any atom is -0.469 e. The van der Waals surface area contributed by atoms with E-state index in [1.165, 1.54) is 22.8 Å². The van der Waals surface area contributed by atoms with Crippen molar-refractivity contribution in [2.45, 2.75) is 20.0 Å². The Labute approximate surface area is 155 Å². The monoisotopic (exact) mass is 371 g/mol. The lowest BCUT2D eigenvalue weighted by molar-refractivity contribution is -0.145. The van der Waals surface area contributed by atoms with Crippen LogP contribution in [-0.4, -0.2) is 33.9 Å². The first kappa shape index (κ1) is 18.3. The van der Waals surface area contributed by atoms with Crippen molar-refractivity contribution in [3.8, 4) is 0 Å². The highest BCUT2D eigenvalue weighted by Crippen LogP contribution is 2.13. The number of ether oxygens (including phenoxy) is 1. The van der Waals surface area contributed by atoms with Gasteiger partial charge in [0.2, 0.25) is 0 Å². The summed E-state index contributed by atoms with van der Waals surface area (Å²) in [5, 5.41) is 1.84. The third kappa shape index (κ3) is 4.36. The molecule has 0 fully saturated rings. The third-order valence-electron chi connectivity index (χ3n) is 4.13. The molecule has 2 aromatic heterocycles. The zero-order chi connectivity index (χ0) is 18.5. The predicted octanol–water partition coefficient (Wildman–Crippen LogP) is 2.57. The highest BCUT2D eigenvalue weighted by molar-refractivity contribution is 7.15. The zero-order valence-corrected chi connectivity index (χ0v) is 15.6. The van der Waals surface area contributed by atoms with Crippen molar-refractivity contribution in [3.05, 3.63) is 69.6 Å². The summed E-state index contributed by atoms with van der Waals surface area (Å²) in [6.07, 6.45) is 1.72. The van der Waals surface area contributed by atoms with Gasteiger partial charge in [0, 0.05) is 37.3 Å². The van der Waals surface area contributed by atoms with Crippen molar-refractivity contribution in [2.24, 2.45) is 5.92 Å². The highest BCUT2D eigenvalue weighted by atomic mass is 32.1. The van der Waals surface area contributed by atoms with Gasteiger partial charge in [0.1, 0.15) is 0 Å². The smallest absolute Gasteiger partial charge is 0.309 e. The Morgan fingerprint density at radius 2 is 2.08 bits per heavy atom. The fourth-order valence-corrected chi connectivity index (χ4v) is 3.63. The molecule has 6 nitrogen and oxygen atoms in total. The van der Waals surface area contributed by atoms with Crippen LogP contribution in [0, 0.1) is 5.92 Å². The molecule has 3 aromatic rings. The van der Waals surface area contributed by atoms with E-state index in [0.717, 1.165) is 5.56 Å². The maximum Gasteiger partial charge on any atom is 0.309 e. The first-order valence-electron chi connectivity index (χ1n) is 8.36. The Morgan fingerprint density at radius 3 is 2.81 bits per heavy atom. The molecular formula is C19H21N3O3S. The Bertz CT molecular complexity index is 936. The number of rotatable bonds is 7. The van der Waals surface area contributed by atoms with E-state index in [0.29, 0.717) is 30.3 Å². The van der Waals surface area contributed by atoms with Gasteiger partial charge in [-0.1, -0.05) is 37.3 Å². The molecule has 0 saturated heterocycles. The molecule has 0 aliphatic heterocycles. The van der Waals surface area contributed by atoms with Gasteiger partial charge >= 0.3 is 5.97 Å². The van der Waals surface area contributed by atoms with Crippen molar-refractivity contribution in [3.63, 3.8) is 0 Å². The average molecular weight is 371 g/mol. The van der Waals surface area contributed by atoms with Crippen molar-refractivity contribution < 1.29 is 9.53 Å². The summed E-state index contributed by atoms with van der Waals surface area (Å²) < 4.78 is 6.38. The number of hydrogen-bond donors (Lipinski definition) is 0. The third-order valence-corrected chi connectivity index (χ3v) is 4.88. The van der Waals surface area contributed by atoms with Crippen LogP contribution in [-0.2, 0) is 22.6 Å². The first-order chi connectivity index (χ1) is 12.6. The van der Waals surface area contributed by atoms with Crippen LogP contribution in [0.2, 0.25) is 0 Å². The molecule has 0 N–H and O–H groups in total. The molecule has 1 atom stereocenters. The molecule has 7 heteroatoms. The minimum absolute atomic E-state index is 0.0908. The van der Waals surface area contributed by atoms with Gasteiger partial charge < -0.3 is 4.74 Å². The van der Waals surface area contributed by atoms with E-state index in [-0.39, 0.29) is 17.4 Å². The molecule has 26 heavy (non-hydrogen) atoms. The van der Waals surface area contributed by atoms with Crippen LogP contribution >= 0.6 is 11.3 Å². The Kier molecular flexibility index (Phi) is 5.80. The summed E-state index contributed by atoms with van der Waals surface area (Å²) in [5.74, 6) is -0.514. The van der Waals surface area contributed by atoms with Gasteiger partial charge in [-0.05, 0) is 5.56 Å². The quantitative estimate of drug-likeness (QED) is 0.597. The lowest BCUT2D eigenvalue weighted by Gasteiger charge is -2.24. The number of fused-ring (bicyclic) bond motifs is 1. The predicted molar refractivity (Wildman–Crippen MR) is 101 cm³/mol. The Balaban J connectivity index is 1.83.